The summed E-state index contributed by atoms with van der Waals surface area (Å²) in [6.07, 6.45) is 1.94. The number of para-hydroxylation sites is 1. The van der Waals surface area contributed by atoms with Gasteiger partial charge in [-0.2, -0.15) is 5.26 Å². The molecule has 2 heterocycles. The van der Waals surface area contributed by atoms with E-state index in [0.29, 0.717) is 22.7 Å². The number of hydrogen-bond acceptors (Lipinski definition) is 5. The average molecular weight is 294 g/mol. The summed E-state index contributed by atoms with van der Waals surface area (Å²) >= 11 is 0. The number of phenols is 1. The smallest absolute Gasteiger partial charge is 0.142 e. The highest BCUT2D eigenvalue weighted by Crippen LogP contribution is 2.35. The summed E-state index contributed by atoms with van der Waals surface area (Å²) < 4.78 is 0. The molecule has 1 aliphatic heterocycles. The molecule has 1 saturated heterocycles. The molecule has 0 saturated carbocycles. The van der Waals surface area contributed by atoms with E-state index in [1.54, 1.807) is 18.2 Å². The number of phenolic OH excluding ortho intramolecular Hbond substituents is 1. The van der Waals surface area contributed by atoms with Crippen molar-refractivity contribution in [1.82, 2.24) is 10.3 Å². The zero-order valence-corrected chi connectivity index (χ0v) is 12.2. The van der Waals surface area contributed by atoms with Gasteiger partial charge in [0.25, 0.3) is 0 Å². The molecule has 0 unspecified atom stereocenters. The van der Waals surface area contributed by atoms with E-state index >= 15 is 0 Å². The van der Waals surface area contributed by atoms with Gasteiger partial charge in [0, 0.05) is 5.56 Å². The van der Waals surface area contributed by atoms with Crippen LogP contribution in [-0.4, -0.2) is 23.2 Å². The average Bonchev–Trinajstić information content (AvgIpc) is 2.55. The lowest BCUT2D eigenvalue weighted by Crippen LogP contribution is -2.27. The molecular formula is C17H18N4O. The molecule has 0 radical (unpaired) electrons. The largest absolute Gasteiger partial charge is 0.507 e. The van der Waals surface area contributed by atoms with Crippen LogP contribution in [0.25, 0.3) is 11.3 Å². The lowest BCUT2D eigenvalue weighted by molar-refractivity contribution is 0.459. The maximum absolute atomic E-state index is 10.0. The highest BCUT2D eigenvalue weighted by molar-refractivity contribution is 5.71. The van der Waals surface area contributed by atoms with Gasteiger partial charge in [0.1, 0.15) is 17.6 Å². The predicted octanol–water partition coefficient (Wildman–Crippen LogP) is 2.38. The maximum atomic E-state index is 10.0. The van der Waals surface area contributed by atoms with Gasteiger partial charge < -0.3 is 16.2 Å². The number of aromatic hydroxyl groups is 1. The number of aromatic nitrogens is 1. The maximum Gasteiger partial charge on any atom is 0.142 e. The number of hydrogen-bond donors (Lipinski definition) is 3. The third kappa shape index (κ3) is 2.61. The molecule has 112 valence electrons. The van der Waals surface area contributed by atoms with Gasteiger partial charge in [0.15, 0.2) is 0 Å². The third-order valence-corrected chi connectivity index (χ3v) is 4.15. The van der Waals surface area contributed by atoms with Crippen molar-refractivity contribution in [2.45, 2.75) is 18.8 Å². The van der Waals surface area contributed by atoms with Crippen LogP contribution in [0.15, 0.2) is 30.3 Å². The fourth-order valence-electron chi connectivity index (χ4n) is 2.99. The van der Waals surface area contributed by atoms with Crippen molar-refractivity contribution < 1.29 is 5.11 Å². The monoisotopic (exact) mass is 294 g/mol. The number of nitrogens with zero attached hydrogens (tertiary/aromatic N) is 2. The zero-order chi connectivity index (χ0) is 15.5. The predicted molar refractivity (Wildman–Crippen MR) is 85.3 cm³/mol. The fourth-order valence-corrected chi connectivity index (χ4v) is 2.99. The van der Waals surface area contributed by atoms with Crippen LogP contribution >= 0.6 is 0 Å². The van der Waals surface area contributed by atoms with Crippen molar-refractivity contribution in [2.24, 2.45) is 0 Å². The van der Waals surface area contributed by atoms with Crippen molar-refractivity contribution in [1.29, 1.82) is 5.26 Å². The van der Waals surface area contributed by atoms with E-state index in [1.165, 1.54) is 0 Å². The second-order valence-corrected chi connectivity index (χ2v) is 5.51. The molecule has 4 N–H and O–H groups in total. The number of nitrogen functional groups attached to an aromatic ring is 1. The first kappa shape index (κ1) is 14.4. The number of anilines is 1. The zero-order valence-electron chi connectivity index (χ0n) is 12.2. The molecule has 5 nitrogen and oxygen atoms in total. The lowest BCUT2D eigenvalue weighted by atomic mass is 9.87. The van der Waals surface area contributed by atoms with E-state index in [4.69, 9.17) is 5.73 Å². The Kier molecular flexibility index (Phi) is 3.94. The molecule has 0 amide bonds. The van der Waals surface area contributed by atoms with E-state index in [9.17, 15) is 10.4 Å². The minimum absolute atomic E-state index is 0.162. The molecule has 22 heavy (non-hydrogen) atoms. The van der Waals surface area contributed by atoms with Gasteiger partial charge in [-0.25, -0.2) is 4.98 Å². The Labute approximate surface area is 129 Å². The van der Waals surface area contributed by atoms with Crippen molar-refractivity contribution >= 4 is 5.82 Å². The first-order chi connectivity index (χ1) is 10.7. The fraction of sp³-hybridized carbons (Fsp3) is 0.294. The van der Waals surface area contributed by atoms with Crippen LogP contribution in [0.4, 0.5) is 5.82 Å². The van der Waals surface area contributed by atoms with Crippen LogP contribution in [0.1, 0.15) is 29.9 Å². The summed E-state index contributed by atoms with van der Waals surface area (Å²) in [5, 5.41) is 22.8. The first-order valence-electron chi connectivity index (χ1n) is 7.40. The van der Waals surface area contributed by atoms with Gasteiger partial charge in [0.2, 0.25) is 0 Å². The highest BCUT2D eigenvalue weighted by atomic mass is 16.3. The van der Waals surface area contributed by atoms with Gasteiger partial charge in [-0.1, -0.05) is 12.1 Å². The van der Waals surface area contributed by atoms with Crippen molar-refractivity contribution in [2.75, 3.05) is 18.8 Å². The van der Waals surface area contributed by atoms with Gasteiger partial charge in [-0.3, -0.25) is 0 Å². The molecule has 0 spiro atoms. The minimum atomic E-state index is 0.162. The van der Waals surface area contributed by atoms with Gasteiger partial charge >= 0.3 is 0 Å². The number of rotatable bonds is 2. The van der Waals surface area contributed by atoms with Gasteiger partial charge in [0.05, 0.1) is 11.3 Å². The van der Waals surface area contributed by atoms with Crippen LogP contribution in [0.3, 0.4) is 0 Å². The number of pyridine rings is 1. The van der Waals surface area contributed by atoms with Crippen LogP contribution in [0.2, 0.25) is 0 Å². The second kappa shape index (κ2) is 6.04. The Hall–Kier alpha value is -2.58. The van der Waals surface area contributed by atoms with E-state index in [2.05, 4.69) is 16.4 Å². The van der Waals surface area contributed by atoms with E-state index in [-0.39, 0.29) is 11.6 Å². The number of nitrogens with two attached hydrogens (primary N) is 1. The van der Waals surface area contributed by atoms with E-state index in [0.717, 1.165) is 31.5 Å². The summed E-state index contributed by atoms with van der Waals surface area (Å²) in [5.74, 6) is 0.693. The van der Waals surface area contributed by atoms with Crippen LogP contribution in [0, 0.1) is 11.3 Å². The highest BCUT2D eigenvalue weighted by Gasteiger charge is 2.22. The molecule has 2 aromatic rings. The number of benzene rings is 1. The van der Waals surface area contributed by atoms with Crippen molar-refractivity contribution in [3.8, 4) is 23.1 Å². The first-order valence-corrected chi connectivity index (χ1v) is 7.40. The van der Waals surface area contributed by atoms with Crippen LogP contribution < -0.4 is 11.1 Å². The Morgan fingerprint density at radius 3 is 2.68 bits per heavy atom. The topological polar surface area (TPSA) is 95.0 Å². The Bertz CT molecular complexity index is 730. The molecule has 1 aromatic heterocycles. The molecule has 1 aromatic carbocycles. The van der Waals surface area contributed by atoms with E-state index < -0.39 is 0 Å². The quantitative estimate of drug-likeness (QED) is 0.790. The lowest BCUT2D eigenvalue weighted by Gasteiger charge is -2.24. The van der Waals surface area contributed by atoms with Gasteiger partial charge in [-0.15, -0.1) is 0 Å². The normalized spacial score (nSPS) is 15.4. The third-order valence-electron chi connectivity index (χ3n) is 4.15. The second-order valence-electron chi connectivity index (χ2n) is 5.51. The summed E-state index contributed by atoms with van der Waals surface area (Å²) in [5.41, 5.74) is 8.65. The molecule has 3 rings (SSSR count). The molecule has 0 aliphatic carbocycles. The molecule has 5 heteroatoms. The summed E-state index contributed by atoms with van der Waals surface area (Å²) in [6, 6.07) is 11.1. The molecule has 1 fully saturated rings. The van der Waals surface area contributed by atoms with Gasteiger partial charge in [-0.05, 0) is 55.6 Å². The molecule has 1 aliphatic rings. The SMILES string of the molecule is N#Cc1c(C2CCNCC2)cc(-c2ccccc2O)nc1N. The molecular weight excluding hydrogens is 276 g/mol. The number of nitriles is 1. The Morgan fingerprint density at radius 1 is 1.27 bits per heavy atom. The van der Waals surface area contributed by atoms with Crippen molar-refractivity contribution in [3.05, 3.63) is 41.5 Å². The molecule has 0 atom stereocenters. The van der Waals surface area contributed by atoms with Crippen LogP contribution in [-0.2, 0) is 0 Å². The number of nitrogens with one attached hydrogen (secondary N) is 1. The summed E-state index contributed by atoms with van der Waals surface area (Å²) in [6.45, 7) is 1.87. The summed E-state index contributed by atoms with van der Waals surface area (Å²) in [4.78, 5) is 4.31. The Balaban J connectivity index is 2.12. The van der Waals surface area contributed by atoms with Crippen molar-refractivity contribution in [3.63, 3.8) is 0 Å². The van der Waals surface area contributed by atoms with E-state index in [1.807, 2.05) is 12.1 Å². The minimum Gasteiger partial charge on any atom is -0.507 e. The Morgan fingerprint density at radius 2 is 2.00 bits per heavy atom. The van der Waals surface area contributed by atoms with Crippen LogP contribution in [0.5, 0.6) is 5.75 Å². The standard InChI is InChI=1S/C17H18N4O/c18-10-14-13(11-5-7-20-8-6-11)9-15(21-17(14)19)12-3-1-2-4-16(12)22/h1-4,9,11,20,22H,5-8H2,(H2,19,21). The molecule has 0 bridgehead atoms. The number of piperidine rings is 1. The summed E-state index contributed by atoms with van der Waals surface area (Å²) in [7, 11) is 0.